The molecule has 0 atom stereocenters. The van der Waals surface area contributed by atoms with E-state index in [1.165, 1.54) is 32.9 Å². The zero-order valence-corrected chi connectivity index (χ0v) is 16.8. The fourth-order valence-electron chi connectivity index (χ4n) is 3.39. The molecule has 2 fully saturated rings. The van der Waals surface area contributed by atoms with Crippen LogP contribution in [0.5, 0.6) is 0 Å². The average molecular weight is 402 g/mol. The maximum absolute atomic E-state index is 12.8. The molecule has 2 saturated heterocycles. The van der Waals surface area contributed by atoms with Crippen molar-refractivity contribution < 1.29 is 16.8 Å². The minimum Gasteiger partial charge on any atom is -0.304 e. The quantitative estimate of drug-likeness (QED) is 0.757. The maximum Gasteiger partial charge on any atom is 0.243 e. The minimum absolute atomic E-state index is 0.150. The lowest BCUT2D eigenvalue weighted by Gasteiger charge is -2.31. The van der Waals surface area contributed by atoms with Crippen LogP contribution in [0.25, 0.3) is 0 Å². The van der Waals surface area contributed by atoms with Gasteiger partial charge in [-0.15, -0.1) is 0 Å². The number of rotatable bonds is 4. The highest BCUT2D eigenvalue weighted by Gasteiger charge is 2.29. The Hall–Kier alpha value is -1.00. The van der Waals surface area contributed by atoms with Crippen LogP contribution in [0.3, 0.4) is 0 Å². The Kier molecular flexibility index (Phi) is 6.03. The van der Waals surface area contributed by atoms with Crippen LogP contribution in [0.2, 0.25) is 0 Å². The molecule has 26 heavy (non-hydrogen) atoms. The standard InChI is InChI=1S/C17H27N3O4S2/c1-18-12-14-20(15-13-18)26(23,24)17-8-6-16(7-9-17)25(21,22)19-10-4-2-3-5-11-19/h6-9H,2-5,10-15H2,1H3. The monoisotopic (exact) mass is 401 g/mol. The van der Waals surface area contributed by atoms with Crippen molar-refractivity contribution in [2.24, 2.45) is 0 Å². The molecule has 7 nitrogen and oxygen atoms in total. The van der Waals surface area contributed by atoms with Crippen molar-refractivity contribution in [1.82, 2.24) is 13.5 Å². The van der Waals surface area contributed by atoms with Crippen LogP contribution in [-0.4, -0.2) is 76.7 Å². The summed E-state index contributed by atoms with van der Waals surface area (Å²) in [5, 5.41) is 0. The molecule has 146 valence electrons. The molecule has 2 aliphatic heterocycles. The average Bonchev–Trinajstić information content (AvgIpc) is 2.92. The van der Waals surface area contributed by atoms with Crippen molar-refractivity contribution in [2.45, 2.75) is 35.5 Å². The molecule has 0 spiro atoms. The molecule has 3 rings (SSSR count). The van der Waals surface area contributed by atoms with E-state index in [1.807, 2.05) is 7.05 Å². The summed E-state index contributed by atoms with van der Waals surface area (Å²) in [6.07, 6.45) is 3.84. The number of hydrogen-bond donors (Lipinski definition) is 0. The zero-order chi connectivity index (χ0) is 18.8. The molecule has 0 N–H and O–H groups in total. The van der Waals surface area contributed by atoms with Crippen LogP contribution in [0.1, 0.15) is 25.7 Å². The summed E-state index contributed by atoms with van der Waals surface area (Å²) in [5.41, 5.74) is 0. The first-order chi connectivity index (χ1) is 12.3. The third-order valence-corrected chi connectivity index (χ3v) is 8.95. The van der Waals surface area contributed by atoms with Crippen molar-refractivity contribution in [2.75, 3.05) is 46.3 Å². The van der Waals surface area contributed by atoms with Gasteiger partial charge in [0.15, 0.2) is 0 Å². The predicted molar refractivity (Wildman–Crippen MR) is 99.9 cm³/mol. The first-order valence-electron chi connectivity index (χ1n) is 9.11. The van der Waals surface area contributed by atoms with Crippen molar-refractivity contribution in [1.29, 1.82) is 0 Å². The van der Waals surface area contributed by atoms with Crippen molar-refractivity contribution >= 4 is 20.0 Å². The normalized spacial score (nSPS) is 22.2. The second-order valence-corrected chi connectivity index (χ2v) is 10.9. The molecule has 0 unspecified atom stereocenters. The van der Waals surface area contributed by atoms with E-state index in [9.17, 15) is 16.8 Å². The molecule has 1 aromatic carbocycles. The lowest BCUT2D eigenvalue weighted by Crippen LogP contribution is -2.47. The zero-order valence-electron chi connectivity index (χ0n) is 15.2. The molecular formula is C17H27N3O4S2. The summed E-state index contributed by atoms with van der Waals surface area (Å²) in [6, 6.07) is 5.67. The lowest BCUT2D eigenvalue weighted by atomic mass is 10.2. The van der Waals surface area contributed by atoms with Crippen LogP contribution < -0.4 is 0 Å². The number of likely N-dealkylation sites (N-methyl/N-ethyl adjacent to an activating group) is 1. The van der Waals surface area contributed by atoms with E-state index < -0.39 is 20.0 Å². The highest BCUT2D eigenvalue weighted by Crippen LogP contribution is 2.23. The van der Waals surface area contributed by atoms with E-state index in [1.54, 1.807) is 0 Å². The van der Waals surface area contributed by atoms with Gasteiger partial charge in [0.1, 0.15) is 0 Å². The molecule has 9 heteroatoms. The third-order valence-electron chi connectivity index (χ3n) is 5.13. The highest BCUT2D eigenvalue weighted by atomic mass is 32.2. The van der Waals surface area contributed by atoms with Gasteiger partial charge in [-0.25, -0.2) is 16.8 Å². The van der Waals surface area contributed by atoms with E-state index in [-0.39, 0.29) is 9.79 Å². The van der Waals surface area contributed by atoms with E-state index in [0.29, 0.717) is 39.3 Å². The molecule has 2 aliphatic rings. The summed E-state index contributed by atoms with van der Waals surface area (Å²) in [6.45, 7) is 3.36. The fraction of sp³-hybridized carbons (Fsp3) is 0.647. The number of nitrogens with zero attached hydrogens (tertiary/aromatic N) is 3. The SMILES string of the molecule is CN1CCN(S(=O)(=O)c2ccc(S(=O)(=O)N3CCCCCC3)cc2)CC1. The summed E-state index contributed by atoms with van der Waals surface area (Å²) < 4.78 is 54.1. The molecule has 0 bridgehead atoms. The van der Waals surface area contributed by atoms with Gasteiger partial charge in [-0.1, -0.05) is 12.8 Å². The van der Waals surface area contributed by atoms with Gasteiger partial charge in [0, 0.05) is 39.3 Å². The molecule has 1 aromatic rings. The number of benzene rings is 1. The Labute approximate surface area is 156 Å². The Morgan fingerprint density at radius 3 is 1.42 bits per heavy atom. The second-order valence-electron chi connectivity index (χ2n) is 7.00. The van der Waals surface area contributed by atoms with E-state index in [2.05, 4.69) is 4.90 Å². The largest absolute Gasteiger partial charge is 0.304 e. The lowest BCUT2D eigenvalue weighted by molar-refractivity contribution is 0.222. The second kappa shape index (κ2) is 7.93. The number of piperazine rings is 1. The fourth-order valence-corrected chi connectivity index (χ4v) is 6.33. The number of sulfonamides is 2. The Bertz CT molecular complexity index is 806. The number of hydrogen-bond acceptors (Lipinski definition) is 5. The van der Waals surface area contributed by atoms with Gasteiger partial charge in [0.05, 0.1) is 9.79 Å². The smallest absolute Gasteiger partial charge is 0.243 e. The van der Waals surface area contributed by atoms with Crippen LogP contribution in [0.15, 0.2) is 34.1 Å². The first-order valence-corrected chi connectivity index (χ1v) is 12.0. The van der Waals surface area contributed by atoms with Crippen molar-refractivity contribution in [3.63, 3.8) is 0 Å². The van der Waals surface area contributed by atoms with Gasteiger partial charge in [-0.3, -0.25) is 0 Å². The van der Waals surface area contributed by atoms with Gasteiger partial charge >= 0.3 is 0 Å². The van der Waals surface area contributed by atoms with Crippen LogP contribution in [-0.2, 0) is 20.0 Å². The van der Waals surface area contributed by atoms with E-state index >= 15 is 0 Å². The summed E-state index contributed by atoms with van der Waals surface area (Å²) in [4.78, 5) is 2.40. The Morgan fingerprint density at radius 2 is 1.00 bits per heavy atom. The van der Waals surface area contributed by atoms with Crippen molar-refractivity contribution in [3.8, 4) is 0 Å². The topological polar surface area (TPSA) is 78.0 Å². The third kappa shape index (κ3) is 4.12. The first kappa shape index (κ1) is 19.8. The highest BCUT2D eigenvalue weighted by molar-refractivity contribution is 7.89. The molecular weight excluding hydrogens is 374 g/mol. The molecule has 0 saturated carbocycles. The van der Waals surface area contributed by atoms with Crippen LogP contribution >= 0.6 is 0 Å². The molecule has 0 aromatic heterocycles. The summed E-state index contributed by atoms with van der Waals surface area (Å²) in [7, 11) is -5.18. The molecule has 0 radical (unpaired) electrons. The van der Waals surface area contributed by atoms with Crippen LogP contribution in [0, 0.1) is 0 Å². The Morgan fingerprint density at radius 1 is 0.615 bits per heavy atom. The summed E-state index contributed by atoms with van der Waals surface area (Å²) in [5.74, 6) is 0. The van der Waals surface area contributed by atoms with Crippen molar-refractivity contribution in [3.05, 3.63) is 24.3 Å². The van der Waals surface area contributed by atoms with Crippen LogP contribution in [0.4, 0.5) is 0 Å². The Balaban J connectivity index is 1.79. The predicted octanol–water partition coefficient (Wildman–Crippen LogP) is 1.19. The molecule has 0 aliphatic carbocycles. The summed E-state index contributed by atoms with van der Waals surface area (Å²) >= 11 is 0. The van der Waals surface area contributed by atoms with Gasteiger partial charge in [0.25, 0.3) is 0 Å². The maximum atomic E-state index is 12.8. The van der Waals surface area contributed by atoms with Gasteiger partial charge in [-0.05, 0) is 44.2 Å². The van der Waals surface area contributed by atoms with Gasteiger partial charge in [-0.2, -0.15) is 8.61 Å². The molecule has 2 heterocycles. The minimum atomic E-state index is -3.58. The van der Waals surface area contributed by atoms with Gasteiger partial charge < -0.3 is 4.90 Å². The van der Waals surface area contributed by atoms with E-state index in [4.69, 9.17) is 0 Å². The van der Waals surface area contributed by atoms with Gasteiger partial charge in [0.2, 0.25) is 20.0 Å². The molecule has 0 amide bonds. The van der Waals surface area contributed by atoms with E-state index in [0.717, 1.165) is 25.7 Å².